The summed E-state index contributed by atoms with van der Waals surface area (Å²) in [5, 5.41) is 8.79. The third kappa shape index (κ3) is 2.72. The highest BCUT2D eigenvalue weighted by molar-refractivity contribution is 5.54. The third-order valence-corrected chi connectivity index (χ3v) is 4.91. The Morgan fingerprint density at radius 1 is 1.19 bits per heavy atom. The summed E-state index contributed by atoms with van der Waals surface area (Å²) in [6.07, 6.45) is 2.58. The van der Waals surface area contributed by atoms with Gasteiger partial charge < -0.3 is 4.57 Å². The van der Waals surface area contributed by atoms with Gasteiger partial charge in [-0.2, -0.15) is 0 Å². The Labute approximate surface area is 126 Å². The van der Waals surface area contributed by atoms with Crippen molar-refractivity contribution in [1.29, 1.82) is 0 Å². The molecule has 4 nitrogen and oxygen atoms in total. The van der Waals surface area contributed by atoms with Crippen LogP contribution >= 0.6 is 0 Å². The molecule has 3 rings (SSSR count). The van der Waals surface area contributed by atoms with Crippen molar-refractivity contribution in [2.45, 2.75) is 39.3 Å². The monoisotopic (exact) mass is 284 g/mol. The minimum atomic E-state index is 0.645. The second-order valence-electron chi connectivity index (χ2n) is 6.03. The molecule has 112 valence electrons. The van der Waals surface area contributed by atoms with Crippen LogP contribution in [0.25, 0.3) is 11.4 Å². The van der Waals surface area contributed by atoms with Crippen LogP contribution < -0.4 is 0 Å². The minimum absolute atomic E-state index is 0.645. The van der Waals surface area contributed by atoms with Crippen molar-refractivity contribution in [2.24, 2.45) is 13.0 Å². The highest BCUT2D eigenvalue weighted by Gasteiger charge is 2.30. The molecule has 21 heavy (non-hydrogen) atoms. The van der Waals surface area contributed by atoms with Gasteiger partial charge in [0.1, 0.15) is 5.82 Å². The lowest BCUT2D eigenvalue weighted by molar-refractivity contribution is 0.224. The van der Waals surface area contributed by atoms with Crippen molar-refractivity contribution in [3.8, 4) is 11.4 Å². The lowest BCUT2D eigenvalue weighted by Crippen LogP contribution is -2.30. The van der Waals surface area contributed by atoms with Crippen molar-refractivity contribution in [1.82, 2.24) is 19.7 Å². The maximum absolute atomic E-state index is 4.41. The molecular formula is C17H24N4. The number of likely N-dealkylation sites (tertiary alicyclic amines) is 1. The van der Waals surface area contributed by atoms with Crippen LogP contribution in [0.3, 0.4) is 0 Å². The van der Waals surface area contributed by atoms with Crippen LogP contribution in [0.5, 0.6) is 0 Å². The number of hydrogen-bond donors (Lipinski definition) is 0. The summed E-state index contributed by atoms with van der Waals surface area (Å²) in [6.45, 7) is 6.71. The Bertz CT molecular complexity index is 590. The summed E-state index contributed by atoms with van der Waals surface area (Å²) in [7, 11) is 2.07. The summed E-state index contributed by atoms with van der Waals surface area (Å²) < 4.78 is 2.13. The molecular weight excluding hydrogens is 260 g/mol. The molecule has 0 amide bonds. The van der Waals surface area contributed by atoms with Gasteiger partial charge in [0, 0.05) is 18.7 Å². The minimum Gasteiger partial charge on any atom is -0.313 e. The van der Waals surface area contributed by atoms with Gasteiger partial charge in [0.25, 0.3) is 0 Å². The van der Waals surface area contributed by atoms with Gasteiger partial charge in [-0.3, -0.25) is 4.90 Å². The van der Waals surface area contributed by atoms with Crippen LogP contribution in [0, 0.1) is 5.92 Å². The SMILES string of the molecule is CC[C@@H]1CCN(Cc2nnc(-c3ccccc3)n2C)[C@H]1C. The Morgan fingerprint density at radius 2 is 1.95 bits per heavy atom. The quantitative estimate of drug-likeness (QED) is 0.865. The van der Waals surface area contributed by atoms with Crippen LogP contribution in [-0.2, 0) is 13.6 Å². The maximum atomic E-state index is 4.41. The molecule has 2 heterocycles. The molecule has 0 radical (unpaired) electrons. The number of hydrogen-bond acceptors (Lipinski definition) is 3. The molecule has 0 saturated carbocycles. The summed E-state index contributed by atoms with van der Waals surface area (Å²) in [5.74, 6) is 2.83. The van der Waals surface area contributed by atoms with Crippen LogP contribution in [0.15, 0.2) is 30.3 Å². The zero-order valence-electron chi connectivity index (χ0n) is 13.2. The largest absolute Gasteiger partial charge is 0.313 e. The van der Waals surface area contributed by atoms with Crippen molar-refractivity contribution >= 4 is 0 Å². The Kier molecular flexibility index (Phi) is 4.06. The van der Waals surface area contributed by atoms with E-state index in [9.17, 15) is 0 Å². The first-order chi connectivity index (χ1) is 10.2. The average molecular weight is 284 g/mol. The lowest BCUT2D eigenvalue weighted by Gasteiger charge is -2.23. The lowest BCUT2D eigenvalue weighted by atomic mass is 9.99. The fourth-order valence-corrected chi connectivity index (χ4v) is 3.36. The molecule has 2 atom stereocenters. The topological polar surface area (TPSA) is 34.0 Å². The van der Waals surface area contributed by atoms with Gasteiger partial charge in [-0.1, -0.05) is 43.7 Å². The molecule has 1 fully saturated rings. The van der Waals surface area contributed by atoms with E-state index in [1.165, 1.54) is 19.4 Å². The molecule has 0 bridgehead atoms. The normalized spacial score (nSPS) is 22.8. The van der Waals surface area contributed by atoms with Crippen LogP contribution in [-0.4, -0.2) is 32.3 Å². The second kappa shape index (κ2) is 5.98. The number of nitrogens with zero attached hydrogens (tertiary/aromatic N) is 4. The first kappa shape index (κ1) is 14.3. The van der Waals surface area contributed by atoms with Crippen molar-refractivity contribution < 1.29 is 0 Å². The van der Waals surface area contributed by atoms with Gasteiger partial charge in [0.2, 0.25) is 0 Å². The zero-order chi connectivity index (χ0) is 14.8. The smallest absolute Gasteiger partial charge is 0.163 e. The highest BCUT2D eigenvalue weighted by Crippen LogP contribution is 2.28. The van der Waals surface area contributed by atoms with Gasteiger partial charge in [-0.25, -0.2) is 0 Å². The summed E-state index contributed by atoms with van der Waals surface area (Å²) in [4.78, 5) is 2.53. The molecule has 1 saturated heterocycles. The summed E-state index contributed by atoms with van der Waals surface area (Å²) in [5.41, 5.74) is 1.12. The number of aromatic nitrogens is 3. The Balaban J connectivity index is 1.78. The number of rotatable bonds is 4. The highest BCUT2D eigenvalue weighted by atomic mass is 15.3. The van der Waals surface area contributed by atoms with E-state index >= 15 is 0 Å². The van der Waals surface area contributed by atoms with Crippen molar-refractivity contribution in [3.05, 3.63) is 36.2 Å². The summed E-state index contributed by atoms with van der Waals surface area (Å²) in [6, 6.07) is 10.9. The maximum Gasteiger partial charge on any atom is 0.163 e. The van der Waals surface area contributed by atoms with E-state index < -0.39 is 0 Å². The molecule has 0 spiro atoms. The van der Waals surface area contributed by atoms with Gasteiger partial charge in [0.05, 0.1) is 6.54 Å². The van der Waals surface area contributed by atoms with Crippen LogP contribution in [0.1, 0.15) is 32.5 Å². The summed E-state index contributed by atoms with van der Waals surface area (Å²) >= 11 is 0. The third-order valence-electron chi connectivity index (χ3n) is 4.91. The van der Waals surface area contributed by atoms with Crippen molar-refractivity contribution in [3.63, 3.8) is 0 Å². The molecule has 1 aliphatic heterocycles. The molecule has 1 aromatic carbocycles. The van der Waals surface area contributed by atoms with E-state index in [0.29, 0.717) is 6.04 Å². The molecule has 0 unspecified atom stereocenters. The van der Waals surface area contributed by atoms with Gasteiger partial charge >= 0.3 is 0 Å². The van der Waals surface area contributed by atoms with Gasteiger partial charge in [-0.15, -0.1) is 10.2 Å². The van der Waals surface area contributed by atoms with Crippen LogP contribution in [0.2, 0.25) is 0 Å². The van der Waals surface area contributed by atoms with E-state index in [0.717, 1.165) is 29.7 Å². The zero-order valence-corrected chi connectivity index (χ0v) is 13.2. The van der Waals surface area contributed by atoms with E-state index in [-0.39, 0.29) is 0 Å². The Morgan fingerprint density at radius 3 is 2.62 bits per heavy atom. The van der Waals surface area contributed by atoms with Crippen molar-refractivity contribution in [2.75, 3.05) is 6.54 Å². The van der Waals surface area contributed by atoms with E-state index in [2.05, 4.69) is 52.7 Å². The molecule has 4 heteroatoms. The molecule has 1 aliphatic rings. The Hall–Kier alpha value is -1.68. The van der Waals surface area contributed by atoms with E-state index in [1.807, 2.05) is 18.2 Å². The molecule has 0 N–H and O–H groups in total. The molecule has 1 aromatic heterocycles. The molecule has 2 aromatic rings. The average Bonchev–Trinajstić information content (AvgIpc) is 3.05. The van der Waals surface area contributed by atoms with E-state index in [4.69, 9.17) is 0 Å². The number of benzene rings is 1. The van der Waals surface area contributed by atoms with Crippen LogP contribution in [0.4, 0.5) is 0 Å². The predicted octanol–water partition coefficient (Wildman–Crippen LogP) is 3.10. The van der Waals surface area contributed by atoms with E-state index in [1.54, 1.807) is 0 Å². The fraction of sp³-hybridized carbons (Fsp3) is 0.529. The van der Waals surface area contributed by atoms with Gasteiger partial charge in [0.15, 0.2) is 5.82 Å². The van der Waals surface area contributed by atoms with Gasteiger partial charge in [-0.05, 0) is 25.8 Å². The molecule has 0 aliphatic carbocycles. The standard InChI is InChI=1S/C17H24N4/c1-4-14-10-11-21(13(14)2)12-16-18-19-17(20(16)3)15-8-6-5-7-9-15/h5-9,13-14H,4,10-12H2,1-3H3/t13-,14+/m0/s1. The first-order valence-corrected chi connectivity index (χ1v) is 7.88. The second-order valence-corrected chi connectivity index (χ2v) is 6.03. The fourth-order valence-electron chi connectivity index (χ4n) is 3.36. The first-order valence-electron chi connectivity index (χ1n) is 7.88. The predicted molar refractivity (Wildman–Crippen MR) is 84.7 cm³/mol.